The van der Waals surface area contributed by atoms with Crippen molar-refractivity contribution in [3.63, 3.8) is 0 Å². The summed E-state index contributed by atoms with van der Waals surface area (Å²) < 4.78 is 4.78. The zero-order valence-corrected chi connectivity index (χ0v) is 5.50. The quantitative estimate of drug-likeness (QED) is 0.449. The van der Waals surface area contributed by atoms with Crippen LogP contribution in [-0.2, 0) is 14.3 Å². The number of carbonyl (C=O) groups excluding carboxylic acids is 2. The van der Waals surface area contributed by atoms with E-state index in [4.69, 9.17) is 4.74 Å². The minimum absolute atomic E-state index is 0.0903. The Morgan fingerprint density at radius 1 is 1.30 bits per heavy atom. The predicted molar refractivity (Wildman–Crippen MR) is 32.2 cm³/mol. The van der Waals surface area contributed by atoms with Crippen molar-refractivity contribution in [2.24, 2.45) is 11.8 Å². The molecule has 0 aromatic carbocycles. The number of Topliss-reactive ketones (excluding diaryl/α,β-unsaturated/α-hetero) is 1. The third kappa shape index (κ3) is 0.664. The van der Waals surface area contributed by atoms with Crippen LogP contribution in [0.5, 0.6) is 0 Å². The summed E-state index contributed by atoms with van der Waals surface area (Å²) in [6.07, 6.45) is 0.972. The van der Waals surface area contributed by atoms with Crippen molar-refractivity contribution < 1.29 is 14.3 Å². The van der Waals surface area contributed by atoms with E-state index in [1.54, 1.807) is 0 Å². The Kier molecular flexibility index (Phi) is 1.07. The van der Waals surface area contributed by atoms with Crippen LogP contribution in [0.15, 0.2) is 0 Å². The Balaban J connectivity index is 2.19. The molecular weight excluding hydrogens is 132 g/mol. The van der Waals surface area contributed by atoms with Gasteiger partial charge in [0.05, 0.1) is 12.5 Å². The molecule has 2 fully saturated rings. The Morgan fingerprint density at radius 2 is 2.10 bits per heavy atom. The highest BCUT2D eigenvalue weighted by atomic mass is 16.5. The van der Waals surface area contributed by atoms with Gasteiger partial charge in [-0.3, -0.25) is 9.59 Å². The van der Waals surface area contributed by atoms with Gasteiger partial charge < -0.3 is 4.74 Å². The molecule has 54 valence electrons. The molecule has 1 saturated carbocycles. The maximum atomic E-state index is 10.8. The topological polar surface area (TPSA) is 43.4 Å². The number of fused-ring (bicyclic) bond motifs is 1. The van der Waals surface area contributed by atoms with Gasteiger partial charge in [0.15, 0.2) is 0 Å². The summed E-state index contributed by atoms with van der Waals surface area (Å²) in [4.78, 5) is 21.6. The van der Waals surface area contributed by atoms with Crippen molar-refractivity contribution in [1.29, 1.82) is 0 Å². The molecule has 0 N–H and O–H groups in total. The summed E-state index contributed by atoms with van der Waals surface area (Å²) in [7, 11) is 0. The van der Waals surface area contributed by atoms with Gasteiger partial charge in [0.2, 0.25) is 0 Å². The second kappa shape index (κ2) is 1.81. The third-order valence-electron chi connectivity index (χ3n) is 2.25. The summed E-state index contributed by atoms with van der Waals surface area (Å²) in [5.41, 5.74) is 0. The van der Waals surface area contributed by atoms with E-state index in [0.29, 0.717) is 19.4 Å². The fraction of sp³-hybridized carbons (Fsp3) is 0.714. The van der Waals surface area contributed by atoms with Gasteiger partial charge in [-0.05, 0) is 0 Å². The van der Waals surface area contributed by atoms with E-state index >= 15 is 0 Å². The molecular formula is C7H8O3. The van der Waals surface area contributed by atoms with Crippen LogP contribution in [0.1, 0.15) is 12.8 Å². The van der Waals surface area contributed by atoms with Crippen molar-refractivity contribution >= 4 is 11.8 Å². The van der Waals surface area contributed by atoms with Crippen LogP contribution in [0.25, 0.3) is 0 Å². The molecule has 10 heavy (non-hydrogen) atoms. The molecule has 0 spiro atoms. The average molecular weight is 140 g/mol. The maximum Gasteiger partial charge on any atom is 0.309 e. The van der Waals surface area contributed by atoms with Gasteiger partial charge in [0.1, 0.15) is 5.78 Å². The van der Waals surface area contributed by atoms with Gasteiger partial charge in [0, 0.05) is 18.8 Å². The molecule has 2 atom stereocenters. The van der Waals surface area contributed by atoms with Gasteiger partial charge in [-0.2, -0.15) is 0 Å². The van der Waals surface area contributed by atoms with Crippen LogP contribution in [0.3, 0.4) is 0 Å². The SMILES string of the molecule is O=C1C[C@H]2COC(=O)[C@H]2C1. The first-order chi connectivity index (χ1) is 4.77. The van der Waals surface area contributed by atoms with Gasteiger partial charge in [-0.15, -0.1) is 0 Å². The first-order valence-corrected chi connectivity index (χ1v) is 3.45. The summed E-state index contributed by atoms with van der Waals surface area (Å²) in [5, 5.41) is 0. The van der Waals surface area contributed by atoms with Crippen molar-refractivity contribution in [1.82, 2.24) is 0 Å². The van der Waals surface area contributed by atoms with Crippen molar-refractivity contribution in [2.45, 2.75) is 12.8 Å². The lowest BCUT2D eigenvalue weighted by atomic mass is 10.0. The number of hydrogen-bond donors (Lipinski definition) is 0. The van der Waals surface area contributed by atoms with Crippen molar-refractivity contribution in [3.05, 3.63) is 0 Å². The lowest BCUT2D eigenvalue weighted by Gasteiger charge is -1.96. The molecule has 0 unspecified atom stereocenters. The average Bonchev–Trinajstić information content (AvgIpc) is 2.35. The lowest BCUT2D eigenvalue weighted by molar-refractivity contribution is -0.142. The first kappa shape index (κ1) is 5.89. The summed E-state index contributed by atoms with van der Waals surface area (Å²) in [6, 6.07) is 0. The molecule has 1 aliphatic carbocycles. The number of hydrogen-bond acceptors (Lipinski definition) is 3. The zero-order chi connectivity index (χ0) is 7.14. The number of esters is 1. The molecule has 1 saturated heterocycles. The van der Waals surface area contributed by atoms with Gasteiger partial charge in [0.25, 0.3) is 0 Å². The lowest BCUT2D eigenvalue weighted by Crippen LogP contribution is -2.08. The van der Waals surface area contributed by atoms with E-state index in [-0.39, 0.29) is 23.6 Å². The summed E-state index contributed by atoms with van der Waals surface area (Å²) in [5.74, 6) is 0.162. The number of rotatable bonds is 0. The molecule has 3 nitrogen and oxygen atoms in total. The van der Waals surface area contributed by atoms with Crippen LogP contribution in [-0.4, -0.2) is 18.4 Å². The standard InChI is InChI=1S/C7H8O3/c8-5-1-4-3-10-7(9)6(4)2-5/h4,6H,1-3H2/t4-,6-/m0/s1. The number of carbonyl (C=O) groups is 2. The monoisotopic (exact) mass is 140 g/mol. The van der Waals surface area contributed by atoms with Crippen molar-refractivity contribution in [3.8, 4) is 0 Å². The van der Waals surface area contributed by atoms with E-state index < -0.39 is 0 Å². The summed E-state index contributed by atoms with van der Waals surface area (Å²) in [6.45, 7) is 0.468. The minimum atomic E-state index is -0.171. The molecule has 0 aromatic heterocycles. The molecule has 1 heterocycles. The molecule has 0 aromatic rings. The number of cyclic esters (lactones) is 1. The van der Waals surface area contributed by atoms with E-state index in [1.165, 1.54) is 0 Å². The predicted octanol–water partition coefficient (Wildman–Crippen LogP) is 0.138. The molecule has 2 aliphatic rings. The maximum absolute atomic E-state index is 10.8. The number of ketones is 1. The van der Waals surface area contributed by atoms with E-state index in [9.17, 15) is 9.59 Å². The second-order valence-electron chi connectivity index (χ2n) is 2.94. The molecule has 0 bridgehead atoms. The normalized spacial score (nSPS) is 38.0. The molecule has 0 radical (unpaired) electrons. The van der Waals surface area contributed by atoms with Crippen LogP contribution in [0, 0.1) is 11.8 Å². The van der Waals surface area contributed by atoms with E-state index in [2.05, 4.69) is 0 Å². The van der Waals surface area contributed by atoms with Crippen LogP contribution < -0.4 is 0 Å². The van der Waals surface area contributed by atoms with Crippen LogP contribution in [0.2, 0.25) is 0 Å². The van der Waals surface area contributed by atoms with Crippen LogP contribution >= 0.6 is 0 Å². The van der Waals surface area contributed by atoms with Gasteiger partial charge in [-0.1, -0.05) is 0 Å². The minimum Gasteiger partial charge on any atom is -0.465 e. The third-order valence-corrected chi connectivity index (χ3v) is 2.25. The first-order valence-electron chi connectivity index (χ1n) is 3.45. The Hall–Kier alpha value is -0.860. The van der Waals surface area contributed by atoms with E-state index in [0.717, 1.165) is 0 Å². The van der Waals surface area contributed by atoms with E-state index in [1.807, 2.05) is 0 Å². The molecule has 2 rings (SSSR count). The highest BCUT2D eigenvalue weighted by Gasteiger charge is 2.43. The Morgan fingerprint density at radius 3 is 2.80 bits per heavy atom. The Labute approximate surface area is 58.4 Å². The zero-order valence-electron chi connectivity index (χ0n) is 5.50. The fourth-order valence-electron chi connectivity index (χ4n) is 1.68. The van der Waals surface area contributed by atoms with Gasteiger partial charge >= 0.3 is 5.97 Å². The Bertz CT molecular complexity index is 197. The molecule has 3 heteroatoms. The largest absolute Gasteiger partial charge is 0.465 e. The van der Waals surface area contributed by atoms with Crippen molar-refractivity contribution in [2.75, 3.05) is 6.61 Å². The second-order valence-corrected chi connectivity index (χ2v) is 2.94. The fourth-order valence-corrected chi connectivity index (χ4v) is 1.68. The summed E-state index contributed by atoms with van der Waals surface area (Å²) >= 11 is 0. The number of ether oxygens (including phenoxy) is 1. The van der Waals surface area contributed by atoms with Gasteiger partial charge in [-0.25, -0.2) is 0 Å². The highest BCUT2D eigenvalue weighted by Crippen LogP contribution is 2.34. The molecule has 0 amide bonds. The van der Waals surface area contributed by atoms with Crippen LogP contribution in [0.4, 0.5) is 0 Å². The molecule has 1 aliphatic heterocycles. The highest BCUT2D eigenvalue weighted by molar-refractivity contribution is 5.89. The smallest absolute Gasteiger partial charge is 0.309 e.